The maximum Gasteiger partial charge on any atom is 0.281 e. The molecular formula is C14H28ClN3O2S. The van der Waals surface area contributed by atoms with Gasteiger partial charge in [0.15, 0.2) is 0 Å². The number of hydrogen-bond donors (Lipinski definition) is 0. The average Bonchev–Trinajstić information content (AvgIpc) is 2.54. The molecule has 0 amide bonds. The summed E-state index contributed by atoms with van der Waals surface area (Å²) in [6.07, 6.45) is 3.62. The first kappa shape index (κ1) is 17.5. The summed E-state index contributed by atoms with van der Waals surface area (Å²) in [5.41, 5.74) is 0. The van der Waals surface area contributed by atoms with Crippen LogP contribution in [0.1, 0.15) is 32.6 Å². The first-order chi connectivity index (χ1) is 9.98. The van der Waals surface area contributed by atoms with Gasteiger partial charge in [0.25, 0.3) is 10.2 Å². The molecule has 2 aliphatic heterocycles. The third-order valence-electron chi connectivity index (χ3n) is 5.00. The van der Waals surface area contributed by atoms with Crippen molar-refractivity contribution < 1.29 is 8.42 Å². The molecule has 0 atom stereocenters. The lowest BCUT2D eigenvalue weighted by Crippen LogP contribution is -2.52. The van der Waals surface area contributed by atoms with E-state index in [0.717, 1.165) is 45.3 Å². The van der Waals surface area contributed by atoms with Crippen LogP contribution in [0.2, 0.25) is 0 Å². The van der Waals surface area contributed by atoms with Gasteiger partial charge >= 0.3 is 0 Å². The van der Waals surface area contributed by atoms with Crippen LogP contribution in [0.15, 0.2) is 0 Å². The molecule has 0 saturated carbocycles. The van der Waals surface area contributed by atoms with Gasteiger partial charge in [0.1, 0.15) is 0 Å². The summed E-state index contributed by atoms with van der Waals surface area (Å²) < 4.78 is 28.7. The van der Waals surface area contributed by atoms with Crippen molar-refractivity contribution in [1.82, 2.24) is 13.5 Å². The summed E-state index contributed by atoms with van der Waals surface area (Å²) in [6.45, 7) is 6.41. The first-order valence-electron chi connectivity index (χ1n) is 8.00. The van der Waals surface area contributed by atoms with Crippen LogP contribution in [0.3, 0.4) is 0 Å². The van der Waals surface area contributed by atoms with Gasteiger partial charge in [-0.25, -0.2) is 0 Å². The van der Waals surface area contributed by atoms with E-state index in [-0.39, 0.29) is 6.04 Å². The van der Waals surface area contributed by atoms with Crippen molar-refractivity contribution in [2.75, 3.05) is 45.7 Å². The van der Waals surface area contributed by atoms with E-state index in [1.165, 1.54) is 0 Å². The van der Waals surface area contributed by atoms with Crippen LogP contribution in [0.4, 0.5) is 0 Å². The van der Waals surface area contributed by atoms with Crippen LogP contribution in [0.25, 0.3) is 0 Å². The van der Waals surface area contributed by atoms with Gasteiger partial charge in [-0.15, -0.1) is 11.6 Å². The van der Waals surface area contributed by atoms with Crippen LogP contribution in [-0.4, -0.2) is 73.6 Å². The molecule has 0 bridgehead atoms. The maximum absolute atomic E-state index is 12.7. The Kier molecular flexibility index (Phi) is 6.32. The average molecular weight is 338 g/mol. The molecule has 0 spiro atoms. The van der Waals surface area contributed by atoms with Crippen molar-refractivity contribution >= 4 is 21.8 Å². The molecule has 0 radical (unpaired) electrons. The molecule has 2 aliphatic rings. The standard InChI is InChI=1S/C14H28ClN3O2S/c1-3-17-8-6-14(7-9-17)16(2)21(19,20)18-10-4-13(12-15)5-11-18/h13-14H,3-12H2,1-2H3. The SMILES string of the molecule is CCN1CCC(N(C)S(=O)(=O)N2CCC(CCl)CC2)CC1. The van der Waals surface area contributed by atoms with Crippen molar-refractivity contribution in [2.45, 2.75) is 38.6 Å². The second kappa shape index (κ2) is 7.59. The van der Waals surface area contributed by atoms with E-state index in [9.17, 15) is 8.42 Å². The van der Waals surface area contributed by atoms with Gasteiger partial charge in [-0.3, -0.25) is 0 Å². The highest BCUT2D eigenvalue weighted by molar-refractivity contribution is 7.86. The Morgan fingerprint density at radius 3 is 2.14 bits per heavy atom. The van der Waals surface area contributed by atoms with Crippen molar-refractivity contribution in [3.63, 3.8) is 0 Å². The number of likely N-dealkylation sites (tertiary alicyclic amines) is 1. The van der Waals surface area contributed by atoms with Crippen LogP contribution in [0, 0.1) is 5.92 Å². The second-order valence-corrected chi connectivity index (χ2v) is 8.48. The zero-order valence-corrected chi connectivity index (χ0v) is 14.7. The van der Waals surface area contributed by atoms with E-state index >= 15 is 0 Å². The Hall–Kier alpha value is 0.120. The largest absolute Gasteiger partial charge is 0.303 e. The number of piperidine rings is 2. The molecule has 21 heavy (non-hydrogen) atoms. The van der Waals surface area contributed by atoms with E-state index in [2.05, 4.69) is 11.8 Å². The fraction of sp³-hybridized carbons (Fsp3) is 1.00. The molecule has 124 valence electrons. The number of nitrogens with zero attached hydrogens (tertiary/aromatic N) is 3. The van der Waals surface area contributed by atoms with Crippen LogP contribution < -0.4 is 0 Å². The fourth-order valence-electron chi connectivity index (χ4n) is 3.26. The molecule has 0 unspecified atom stereocenters. The molecule has 0 N–H and O–H groups in total. The molecule has 0 aromatic carbocycles. The van der Waals surface area contributed by atoms with Crippen LogP contribution in [-0.2, 0) is 10.2 Å². The Morgan fingerprint density at radius 2 is 1.67 bits per heavy atom. The third-order valence-corrected chi connectivity index (χ3v) is 7.48. The number of alkyl halides is 1. The van der Waals surface area contributed by atoms with Gasteiger partial charge in [-0.1, -0.05) is 6.92 Å². The Bertz CT molecular complexity index is 416. The molecule has 2 heterocycles. The molecule has 5 nitrogen and oxygen atoms in total. The van der Waals surface area contributed by atoms with Crippen molar-refractivity contribution in [1.29, 1.82) is 0 Å². The molecule has 0 aromatic heterocycles. The number of hydrogen-bond acceptors (Lipinski definition) is 3. The molecule has 2 fully saturated rings. The lowest BCUT2D eigenvalue weighted by atomic mass is 10.0. The molecular weight excluding hydrogens is 310 g/mol. The van der Waals surface area contributed by atoms with Gasteiger partial charge in [0.05, 0.1) is 0 Å². The third kappa shape index (κ3) is 4.10. The van der Waals surface area contributed by atoms with Gasteiger partial charge in [-0.2, -0.15) is 17.0 Å². The number of halogens is 1. The smallest absolute Gasteiger partial charge is 0.281 e. The highest BCUT2D eigenvalue weighted by Gasteiger charge is 2.35. The highest BCUT2D eigenvalue weighted by atomic mass is 35.5. The summed E-state index contributed by atoms with van der Waals surface area (Å²) in [6, 6.07) is 0.142. The summed E-state index contributed by atoms with van der Waals surface area (Å²) >= 11 is 5.87. The van der Waals surface area contributed by atoms with Gasteiger partial charge in [0.2, 0.25) is 0 Å². The predicted molar refractivity (Wildman–Crippen MR) is 86.8 cm³/mol. The van der Waals surface area contributed by atoms with Gasteiger partial charge < -0.3 is 4.90 Å². The lowest BCUT2D eigenvalue weighted by Gasteiger charge is -2.39. The predicted octanol–water partition coefficient (Wildman–Crippen LogP) is 1.60. The summed E-state index contributed by atoms with van der Waals surface area (Å²) in [5.74, 6) is 1.11. The quantitative estimate of drug-likeness (QED) is 0.716. The van der Waals surface area contributed by atoms with Crippen molar-refractivity contribution in [2.24, 2.45) is 5.92 Å². The van der Waals surface area contributed by atoms with E-state index in [1.54, 1.807) is 15.7 Å². The Balaban J connectivity index is 1.93. The minimum Gasteiger partial charge on any atom is -0.303 e. The normalized spacial score (nSPS) is 24.8. The van der Waals surface area contributed by atoms with Crippen molar-refractivity contribution in [3.05, 3.63) is 0 Å². The van der Waals surface area contributed by atoms with Crippen LogP contribution >= 0.6 is 11.6 Å². The molecule has 0 aromatic rings. The lowest BCUT2D eigenvalue weighted by molar-refractivity contribution is 0.168. The van der Waals surface area contributed by atoms with E-state index in [1.807, 2.05) is 0 Å². The highest BCUT2D eigenvalue weighted by Crippen LogP contribution is 2.25. The zero-order chi connectivity index (χ0) is 15.5. The molecule has 7 heteroatoms. The Morgan fingerprint density at radius 1 is 1.10 bits per heavy atom. The Labute approximate surface area is 134 Å². The topological polar surface area (TPSA) is 43.9 Å². The maximum atomic E-state index is 12.7. The first-order valence-corrected chi connectivity index (χ1v) is 9.93. The van der Waals surface area contributed by atoms with Gasteiger partial charge in [0, 0.05) is 32.1 Å². The van der Waals surface area contributed by atoms with Crippen molar-refractivity contribution in [3.8, 4) is 0 Å². The summed E-state index contributed by atoms with van der Waals surface area (Å²) in [4.78, 5) is 2.38. The number of rotatable bonds is 5. The van der Waals surface area contributed by atoms with Crippen LogP contribution in [0.5, 0.6) is 0 Å². The van der Waals surface area contributed by atoms with Gasteiger partial charge in [-0.05, 0) is 51.2 Å². The monoisotopic (exact) mass is 337 g/mol. The molecule has 0 aliphatic carbocycles. The summed E-state index contributed by atoms with van der Waals surface area (Å²) in [7, 11) is -1.57. The summed E-state index contributed by atoms with van der Waals surface area (Å²) in [5, 5.41) is 0. The minimum atomic E-state index is -3.31. The molecule has 2 rings (SSSR count). The second-order valence-electron chi connectivity index (χ2n) is 6.19. The van der Waals surface area contributed by atoms with E-state index < -0.39 is 10.2 Å². The molecule has 2 saturated heterocycles. The van der Waals surface area contributed by atoms with E-state index in [0.29, 0.717) is 24.9 Å². The zero-order valence-electron chi connectivity index (χ0n) is 13.2. The minimum absolute atomic E-state index is 0.142. The fourth-order valence-corrected chi connectivity index (χ4v) is 5.20. The van der Waals surface area contributed by atoms with E-state index in [4.69, 9.17) is 11.6 Å².